The van der Waals surface area contributed by atoms with E-state index in [0.717, 1.165) is 30.8 Å². The minimum Gasteiger partial charge on any atom is -0.489 e. The number of nitrogens with zero attached hydrogens (tertiary/aromatic N) is 2. The number of amides is 1. The van der Waals surface area contributed by atoms with Crippen molar-refractivity contribution in [3.63, 3.8) is 0 Å². The van der Waals surface area contributed by atoms with Gasteiger partial charge in [0, 0.05) is 38.3 Å². The molecule has 1 amide bonds. The molecule has 0 radical (unpaired) electrons. The Balaban J connectivity index is 1.43. The van der Waals surface area contributed by atoms with E-state index in [9.17, 15) is 9.18 Å². The lowest BCUT2D eigenvalue weighted by atomic mass is 10.1. The summed E-state index contributed by atoms with van der Waals surface area (Å²) in [7, 11) is 0. The molecule has 1 saturated heterocycles. The molecule has 0 aliphatic carbocycles. The van der Waals surface area contributed by atoms with E-state index in [2.05, 4.69) is 4.90 Å². The van der Waals surface area contributed by atoms with E-state index in [1.165, 1.54) is 6.07 Å². The molecule has 0 spiro atoms. The van der Waals surface area contributed by atoms with Crippen LogP contribution in [-0.2, 0) is 0 Å². The summed E-state index contributed by atoms with van der Waals surface area (Å²) in [5, 5.41) is 0. The molecule has 0 saturated carbocycles. The van der Waals surface area contributed by atoms with Gasteiger partial charge in [-0.15, -0.1) is 0 Å². The van der Waals surface area contributed by atoms with Crippen LogP contribution >= 0.6 is 0 Å². The predicted octanol–water partition coefficient (Wildman–Crippen LogP) is 2.97. The van der Waals surface area contributed by atoms with Crippen LogP contribution < -0.4 is 4.74 Å². The Labute approximate surface area is 147 Å². The molecular formula is C20H23FN2O2. The smallest absolute Gasteiger partial charge is 0.253 e. The summed E-state index contributed by atoms with van der Waals surface area (Å²) in [5.41, 5.74) is 1.89. The summed E-state index contributed by atoms with van der Waals surface area (Å²) in [6, 6.07) is 14.1. The highest BCUT2D eigenvalue weighted by Crippen LogP contribution is 2.15. The first kappa shape index (κ1) is 17.4. The van der Waals surface area contributed by atoms with Gasteiger partial charge in [-0.2, -0.15) is 0 Å². The second kappa shape index (κ2) is 8.12. The van der Waals surface area contributed by atoms with Gasteiger partial charge in [-0.3, -0.25) is 9.69 Å². The number of benzene rings is 2. The van der Waals surface area contributed by atoms with Crippen molar-refractivity contribution in [1.82, 2.24) is 9.80 Å². The molecule has 0 aromatic heterocycles. The molecule has 1 fully saturated rings. The normalized spacial score (nSPS) is 15.2. The van der Waals surface area contributed by atoms with Crippen molar-refractivity contribution >= 4 is 5.91 Å². The SMILES string of the molecule is Cc1ccc(C(=O)N2CCN(CCOc3ccccc3F)CC2)cc1. The molecule has 1 aliphatic heterocycles. The lowest BCUT2D eigenvalue weighted by Gasteiger charge is -2.34. The lowest BCUT2D eigenvalue weighted by molar-refractivity contribution is 0.0619. The average molecular weight is 342 g/mol. The summed E-state index contributed by atoms with van der Waals surface area (Å²) < 4.78 is 19.0. The van der Waals surface area contributed by atoms with Crippen molar-refractivity contribution in [3.05, 3.63) is 65.5 Å². The summed E-state index contributed by atoms with van der Waals surface area (Å²) >= 11 is 0. The molecule has 0 N–H and O–H groups in total. The number of hydrogen-bond acceptors (Lipinski definition) is 3. The van der Waals surface area contributed by atoms with E-state index < -0.39 is 0 Å². The average Bonchev–Trinajstić information content (AvgIpc) is 2.64. The lowest BCUT2D eigenvalue weighted by Crippen LogP contribution is -2.49. The minimum absolute atomic E-state index is 0.0854. The van der Waals surface area contributed by atoms with Crippen molar-refractivity contribution in [2.45, 2.75) is 6.92 Å². The van der Waals surface area contributed by atoms with Gasteiger partial charge in [0.2, 0.25) is 0 Å². The van der Waals surface area contributed by atoms with Crippen molar-refractivity contribution < 1.29 is 13.9 Å². The summed E-state index contributed by atoms with van der Waals surface area (Å²) in [6.45, 7) is 6.18. The third kappa shape index (κ3) is 4.57. The van der Waals surface area contributed by atoms with Gasteiger partial charge in [-0.25, -0.2) is 4.39 Å². The maximum atomic E-state index is 13.5. The quantitative estimate of drug-likeness (QED) is 0.837. The van der Waals surface area contributed by atoms with Crippen LogP contribution in [0.5, 0.6) is 5.75 Å². The van der Waals surface area contributed by atoms with Gasteiger partial charge < -0.3 is 9.64 Å². The summed E-state index contributed by atoms with van der Waals surface area (Å²) in [6.07, 6.45) is 0. The monoisotopic (exact) mass is 342 g/mol. The summed E-state index contributed by atoms with van der Waals surface area (Å²) in [4.78, 5) is 16.6. The Morgan fingerprint density at radius 1 is 1.04 bits per heavy atom. The first-order valence-corrected chi connectivity index (χ1v) is 8.59. The highest BCUT2D eigenvalue weighted by atomic mass is 19.1. The molecule has 3 rings (SSSR count). The predicted molar refractivity (Wildman–Crippen MR) is 95.4 cm³/mol. The third-order valence-electron chi connectivity index (χ3n) is 4.46. The zero-order valence-electron chi connectivity index (χ0n) is 14.5. The third-order valence-corrected chi connectivity index (χ3v) is 4.46. The molecule has 0 bridgehead atoms. The number of hydrogen-bond donors (Lipinski definition) is 0. The first-order valence-electron chi connectivity index (χ1n) is 8.59. The van der Waals surface area contributed by atoms with E-state index in [-0.39, 0.29) is 17.5 Å². The fraction of sp³-hybridized carbons (Fsp3) is 0.350. The van der Waals surface area contributed by atoms with Crippen molar-refractivity contribution in [1.29, 1.82) is 0 Å². The number of halogens is 1. The van der Waals surface area contributed by atoms with Gasteiger partial charge in [-0.1, -0.05) is 29.8 Å². The van der Waals surface area contributed by atoms with Gasteiger partial charge in [0.1, 0.15) is 6.61 Å². The van der Waals surface area contributed by atoms with Crippen molar-refractivity contribution in [2.75, 3.05) is 39.3 Å². The maximum Gasteiger partial charge on any atom is 0.253 e. The molecule has 2 aromatic carbocycles. The van der Waals surface area contributed by atoms with Crippen LogP contribution in [0.25, 0.3) is 0 Å². The van der Waals surface area contributed by atoms with Crippen molar-refractivity contribution in [2.24, 2.45) is 0 Å². The van der Waals surface area contributed by atoms with Crippen LogP contribution in [0.4, 0.5) is 4.39 Å². The Morgan fingerprint density at radius 3 is 2.40 bits per heavy atom. The van der Waals surface area contributed by atoms with E-state index in [1.807, 2.05) is 36.1 Å². The molecule has 1 heterocycles. The van der Waals surface area contributed by atoms with Crippen LogP contribution in [0.15, 0.2) is 48.5 Å². The molecule has 132 valence electrons. The number of aryl methyl sites for hydroxylation is 1. The number of para-hydroxylation sites is 1. The van der Waals surface area contributed by atoms with Gasteiger partial charge in [-0.05, 0) is 31.2 Å². The number of ether oxygens (including phenoxy) is 1. The van der Waals surface area contributed by atoms with Gasteiger partial charge in [0.25, 0.3) is 5.91 Å². The second-order valence-electron chi connectivity index (χ2n) is 6.28. The number of carbonyl (C=O) groups excluding carboxylic acids is 1. The van der Waals surface area contributed by atoms with Gasteiger partial charge >= 0.3 is 0 Å². The molecule has 4 nitrogen and oxygen atoms in total. The largest absolute Gasteiger partial charge is 0.489 e. The molecular weight excluding hydrogens is 319 g/mol. The molecule has 0 unspecified atom stereocenters. The van der Waals surface area contributed by atoms with Crippen LogP contribution in [0, 0.1) is 12.7 Å². The van der Waals surface area contributed by atoms with E-state index >= 15 is 0 Å². The molecule has 1 aliphatic rings. The fourth-order valence-corrected chi connectivity index (χ4v) is 2.90. The first-order chi connectivity index (χ1) is 12.1. The van der Waals surface area contributed by atoms with Gasteiger partial charge in [0.05, 0.1) is 0 Å². The number of carbonyl (C=O) groups is 1. The Hall–Kier alpha value is -2.40. The Bertz CT molecular complexity index is 710. The fourth-order valence-electron chi connectivity index (χ4n) is 2.90. The second-order valence-corrected chi connectivity index (χ2v) is 6.28. The molecule has 0 atom stereocenters. The Kier molecular flexibility index (Phi) is 5.66. The molecule has 5 heteroatoms. The van der Waals surface area contributed by atoms with Crippen molar-refractivity contribution in [3.8, 4) is 5.75 Å². The molecule has 25 heavy (non-hydrogen) atoms. The topological polar surface area (TPSA) is 32.8 Å². The summed E-state index contributed by atoms with van der Waals surface area (Å²) in [5.74, 6) is 0.0361. The van der Waals surface area contributed by atoms with Crippen LogP contribution in [-0.4, -0.2) is 55.0 Å². The zero-order chi connectivity index (χ0) is 17.6. The van der Waals surface area contributed by atoms with Crippen LogP contribution in [0.1, 0.15) is 15.9 Å². The van der Waals surface area contributed by atoms with E-state index in [0.29, 0.717) is 19.7 Å². The minimum atomic E-state index is -0.337. The highest BCUT2D eigenvalue weighted by molar-refractivity contribution is 5.94. The molecule has 2 aromatic rings. The van der Waals surface area contributed by atoms with Crippen LogP contribution in [0.3, 0.4) is 0 Å². The maximum absolute atomic E-state index is 13.5. The zero-order valence-corrected chi connectivity index (χ0v) is 14.5. The highest BCUT2D eigenvalue weighted by Gasteiger charge is 2.21. The van der Waals surface area contributed by atoms with Gasteiger partial charge in [0.15, 0.2) is 11.6 Å². The number of piperazine rings is 1. The van der Waals surface area contributed by atoms with E-state index in [4.69, 9.17) is 4.74 Å². The number of rotatable bonds is 5. The standard InChI is InChI=1S/C20H23FN2O2/c1-16-6-8-17(9-7-16)20(24)23-12-10-22(11-13-23)14-15-25-19-5-3-2-4-18(19)21/h2-9H,10-15H2,1H3. The Morgan fingerprint density at radius 2 is 1.72 bits per heavy atom. The van der Waals surface area contributed by atoms with E-state index in [1.54, 1.807) is 18.2 Å². The van der Waals surface area contributed by atoms with Crippen LogP contribution in [0.2, 0.25) is 0 Å².